The lowest BCUT2D eigenvalue weighted by atomic mass is 9.89. The molecule has 0 unspecified atom stereocenters. The molecule has 1 heterocycles. The minimum Gasteiger partial charge on any atom is -0.390 e. The van der Waals surface area contributed by atoms with Gasteiger partial charge in [0.25, 0.3) is 0 Å². The van der Waals surface area contributed by atoms with E-state index >= 15 is 0 Å². The summed E-state index contributed by atoms with van der Waals surface area (Å²) >= 11 is 0. The monoisotopic (exact) mass is 349 g/mol. The van der Waals surface area contributed by atoms with E-state index in [1.807, 2.05) is 6.20 Å². The number of nitrogens with zero attached hydrogens (tertiary/aromatic N) is 1. The summed E-state index contributed by atoms with van der Waals surface area (Å²) in [5.74, 6) is 0.823. The minimum atomic E-state index is 0.0779. The highest BCUT2D eigenvalue weighted by Crippen LogP contribution is 2.26. The van der Waals surface area contributed by atoms with Crippen molar-refractivity contribution in [2.75, 3.05) is 26.2 Å². The van der Waals surface area contributed by atoms with Crippen LogP contribution in [0.5, 0.6) is 0 Å². The van der Waals surface area contributed by atoms with E-state index in [-0.39, 0.29) is 6.61 Å². The SMILES string of the molecule is C=C(CC[C@@H](CC)CCN(CC)C1CCC1)C[C@@H]1CNC(CO)=CN1. The van der Waals surface area contributed by atoms with Gasteiger partial charge in [-0.15, -0.1) is 0 Å². The minimum absolute atomic E-state index is 0.0779. The second-order valence-corrected chi connectivity index (χ2v) is 7.84. The van der Waals surface area contributed by atoms with Gasteiger partial charge in [0.2, 0.25) is 0 Å². The average molecular weight is 350 g/mol. The summed E-state index contributed by atoms with van der Waals surface area (Å²) in [6, 6.07) is 1.27. The zero-order valence-corrected chi connectivity index (χ0v) is 16.4. The highest BCUT2D eigenvalue weighted by Gasteiger charge is 2.24. The van der Waals surface area contributed by atoms with Crippen molar-refractivity contribution in [2.45, 2.75) is 77.3 Å². The molecular formula is C21H39N3O. The number of aliphatic hydroxyl groups excluding tert-OH is 1. The standard InChI is InChI=1S/C21H39N3O/c1-4-18(11-12-24(5-2)21-7-6-8-21)10-9-17(3)13-19-14-23-20(16-25)15-22-19/h15,18-19,21-23,25H,3-14,16H2,1-2H3/t18-,19-/m1/s1. The Balaban J connectivity index is 1.63. The molecule has 0 saturated heterocycles. The smallest absolute Gasteiger partial charge is 0.0842 e. The van der Waals surface area contributed by atoms with Crippen LogP contribution in [0.25, 0.3) is 0 Å². The zero-order valence-electron chi connectivity index (χ0n) is 16.4. The van der Waals surface area contributed by atoms with Crippen molar-refractivity contribution < 1.29 is 5.11 Å². The Bertz CT molecular complexity index is 431. The van der Waals surface area contributed by atoms with Gasteiger partial charge in [-0.05, 0) is 57.5 Å². The Morgan fingerprint density at radius 1 is 1.36 bits per heavy atom. The van der Waals surface area contributed by atoms with E-state index in [9.17, 15) is 0 Å². The summed E-state index contributed by atoms with van der Waals surface area (Å²) < 4.78 is 0. The molecule has 0 amide bonds. The number of nitrogens with one attached hydrogen (secondary N) is 2. The maximum absolute atomic E-state index is 9.10. The molecule has 144 valence electrons. The lowest BCUT2D eigenvalue weighted by Gasteiger charge is -2.37. The molecule has 1 fully saturated rings. The third-order valence-corrected chi connectivity index (χ3v) is 6.08. The van der Waals surface area contributed by atoms with E-state index in [1.54, 1.807) is 0 Å². The molecule has 1 aliphatic heterocycles. The maximum atomic E-state index is 9.10. The van der Waals surface area contributed by atoms with Crippen molar-refractivity contribution in [3.05, 3.63) is 24.0 Å². The molecule has 0 radical (unpaired) electrons. The third kappa shape index (κ3) is 6.67. The molecule has 4 heteroatoms. The van der Waals surface area contributed by atoms with Crippen LogP contribution in [0.2, 0.25) is 0 Å². The van der Waals surface area contributed by atoms with Crippen molar-refractivity contribution in [1.82, 2.24) is 15.5 Å². The van der Waals surface area contributed by atoms with E-state index < -0.39 is 0 Å². The Hall–Kier alpha value is -1.00. The summed E-state index contributed by atoms with van der Waals surface area (Å²) in [5.41, 5.74) is 2.23. The quantitative estimate of drug-likeness (QED) is 0.473. The predicted molar refractivity (Wildman–Crippen MR) is 106 cm³/mol. The molecule has 3 N–H and O–H groups in total. The van der Waals surface area contributed by atoms with Gasteiger partial charge in [0.15, 0.2) is 0 Å². The summed E-state index contributed by atoms with van der Waals surface area (Å²) in [6.07, 6.45) is 12.2. The van der Waals surface area contributed by atoms with Gasteiger partial charge in [-0.1, -0.05) is 38.8 Å². The van der Waals surface area contributed by atoms with E-state index in [0.29, 0.717) is 6.04 Å². The van der Waals surface area contributed by atoms with Crippen LogP contribution in [0, 0.1) is 5.92 Å². The molecule has 1 aliphatic carbocycles. The average Bonchev–Trinajstić information content (AvgIpc) is 2.59. The van der Waals surface area contributed by atoms with Crippen LogP contribution in [-0.4, -0.2) is 48.3 Å². The van der Waals surface area contributed by atoms with Crippen LogP contribution in [0.1, 0.15) is 65.2 Å². The van der Waals surface area contributed by atoms with E-state index in [4.69, 9.17) is 5.11 Å². The van der Waals surface area contributed by atoms with Crippen LogP contribution >= 0.6 is 0 Å². The zero-order chi connectivity index (χ0) is 18.1. The van der Waals surface area contributed by atoms with E-state index in [1.165, 1.54) is 57.2 Å². The van der Waals surface area contributed by atoms with Crippen molar-refractivity contribution in [1.29, 1.82) is 0 Å². The number of hydrogen-bond donors (Lipinski definition) is 3. The molecule has 0 aromatic carbocycles. The first-order valence-electron chi connectivity index (χ1n) is 10.4. The van der Waals surface area contributed by atoms with Gasteiger partial charge < -0.3 is 20.6 Å². The van der Waals surface area contributed by atoms with Crippen molar-refractivity contribution in [2.24, 2.45) is 5.92 Å². The highest BCUT2D eigenvalue weighted by molar-refractivity contribution is 5.08. The lowest BCUT2D eigenvalue weighted by molar-refractivity contribution is 0.124. The predicted octanol–water partition coefficient (Wildman–Crippen LogP) is 3.40. The molecule has 0 aromatic rings. The molecule has 0 bridgehead atoms. The van der Waals surface area contributed by atoms with E-state index in [2.05, 4.69) is 36.0 Å². The van der Waals surface area contributed by atoms with Crippen LogP contribution in [-0.2, 0) is 0 Å². The molecule has 25 heavy (non-hydrogen) atoms. The third-order valence-electron chi connectivity index (χ3n) is 6.08. The van der Waals surface area contributed by atoms with Crippen molar-refractivity contribution >= 4 is 0 Å². The summed E-state index contributed by atoms with van der Waals surface area (Å²) in [4.78, 5) is 2.70. The highest BCUT2D eigenvalue weighted by atomic mass is 16.3. The fourth-order valence-corrected chi connectivity index (χ4v) is 3.93. The Morgan fingerprint density at radius 2 is 2.16 bits per heavy atom. The first-order chi connectivity index (χ1) is 12.2. The molecular weight excluding hydrogens is 310 g/mol. The Kier molecular flexibility index (Phi) is 8.83. The normalized spacial score (nSPS) is 21.9. The molecule has 0 spiro atoms. The van der Waals surface area contributed by atoms with Gasteiger partial charge in [0.1, 0.15) is 0 Å². The summed E-state index contributed by atoms with van der Waals surface area (Å²) in [7, 11) is 0. The van der Waals surface area contributed by atoms with Gasteiger partial charge in [-0.25, -0.2) is 0 Å². The fraction of sp³-hybridized carbons (Fsp3) is 0.810. The topological polar surface area (TPSA) is 47.5 Å². The number of aliphatic hydroxyl groups is 1. The van der Waals surface area contributed by atoms with Crippen LogP contribution in [0.15, 0.2) is 24.0 Å². The molecule has 2 aliphatic rings. The van der Waals surface area contributed by atoms with Gasteiger partial charge in [0, 0.05) is 24.8 Å². The molecule has 2 atom stereocenters. The van der Waals surface area contributed by atoms with Gasteiger partial charge in [0.05, 0.1) is 12.3 Å². The van der Waals surface area contributed by atoms with Gasteiger partial charge in [-0.3, -0.25) is 0 Å². The first-order valence-corrected chi connectivity index (χ1v) is 10.4. The molecule has 1 saturated carbocycles. The van der Waals surface area contributed by atoms with Crippen LogP contribution < -0.4 is 10.6 Å². The van der Waals surface area contributed by atoms with Crippen molar-refractivity contribution in [3.8, 4) is 0 Å². The lowest BCUT2D eigenvalue weighted by Crippen LogP contribution is -2.41. The first kappa shape index (κ1) is 20.3. The van der Waals surface area contributed by atoms with E-state index in [0.717, 1.165) is 37.0 Å². The fourth-order valence-electron chi connectivity index (χ4n) is 3.93. The Labute approximate surface area is 154 Å². The summed E-state index contributed by atoms with van der Waals surface area (Å²) in [6.45, 7) is 12.4. The number of rotatable bonds is 12. The van der Waals surface area contributed by atoms with Gasteiger partial charge in [-0.2, -0.15) is 0 Å². The summed E-state index contributed by atoms with van der Waals surface area (Å²) in [5, 5.41) is 15.7. The second kappa shape index (κ2) is 10.9. The maximum Gasteiger partial charge on any atom is 0.0842 e. The largest absolute Gasteiger partial charge is 0.390 e. The van der Waals surface area contributed by atoms with Crippen LogP contribution in [0.4, 0.5) is 0 Å². The molecule has 0 aromatic heterocycles. The van der Waals surface area contributed by atoms with Crippen molar-refractivity contribution in [3.63, 3.8) is 0 Å². The van der Waals surface area contributed by atoms with Crippen LogP contribution in [0.3, 0.4) is 0 Å². The second-order valence-electron chi connectivity index (χ2n) is 7.84. The molecule has 2 rings (SSSR count). The molecule has 4 nitrogen and oxygen atoms in total. The van der Waals surface area contributed by atoms with Gasteiger partial charge >= 0.3 is 0 Å². The number of hydrogen-bond acceptors (Lipinski definition) is 4. The Morgan fingerprint density at radius 3 is 2.68 bits per heavy atom.